The molecule has 6 heteroatoms. The number of nitrogens with zero attached hydrogens (tertiary/aromatic N) is 1. The molecule has 0 saturated carbocycles. The van der Waals surface area contributed by atoms with E-state index in [1.54, 1.807) is 0 Å². The molecular formula is C12H14N4O2. The summed E-state index contributed by atoms with van der Waals surface area (Å²) in [5, 5.41) is 5.26. The molecule has 2 aromatic rings. The zero-order valence-corrected chi connectivity index (χ0v) is 9.77. The van der Waals surface area contributed by atoms with E-state index in [0.29, 0.717) is 31.7 Å². The van der Waals surface area contributed by atoms with Crippen LogP contribution >= 0.6 is 0 Å². The quantitative estimate of drug-likeness (QED) is 0.510. The lowest BCUT2D eigenvalue weighted by Gasteiger charge is -2.01. The molecule has 0 radical (unpaired) electrons. The Bertz CT molecular complexity index is 517. The molecule has 0 fully saturated rings. The largest absolute Gasteiger partial charge is 0.359 e. The fraction of sp³-hybridized carbons (Fsp3) is 0.250. The van der Waals surface area contributed by atoms with Crippen LogP contribution in [0.25, 0.3) is 11.0 Å². The molecular weight excluding hydrogens is 232 g/mol. The normalized spacial score (nSPS) is 10.2. The minimum atomic E-state index is -0.239. The van der Waals surface area contributed by atoms with Crippen LogP contribution in [0.2, 0.25) is 0 Å². The van der Waals surface area contributed by atoms with E-state index in [2.05, 4.69) is 20.6 Å². The van der Waals surface area contributed by atoms with Gasteiger partial charge < -0.3 is 15.6 Å². The van der Waals surface area contributed by atoms with Crippen LogP contribution in [0.1, 0.15) is 17.0 Å². The summed E-state index contributed by atoms with van der Waals surface area (Å²) in [5.41, 5.74) is 1.61. The minimum absolute atomic E-state index is 0.239. The van der Waals surface area contributed by atoms with Gasteiger partial charge in [0.1, 0.15) is 0 Å². The number of H-pyrrole nitrogens is 1. The maximum Gasteiger partial charge on any atom is 0.287 e. The highest BCUT2D eigenvalue weighted by atomic mass is 16.2. The lowest BCUT2D eigenvalue weighted by atomic mass is 10.3. The third-order valence-electron chi connectivity index (χ3n) is 2.47. The Balaban J connectivity index is 1.90. The number of carbonyl (C=O) groups is 2. The molecule has 2 amide bonds. The second-order valence-electron chi connectivity index (χ2n) is 3.78. The second-order valence-corrected chi connectivity index (χ2v) is 3.78. The van der Waals surface area contributed by atoms with Crippen LogP contribution in [-0.2, 0) is 4.79 Å². The van der Waals surface area contributed by atoms with Gasteiger partial charge in [0.05, 0.1) is 11.0 Å². The van der Waals surface area contributed by atoms with Crippen LogP contribution in [0.3, 0.4) is 0 Å². The standard InChI is InChI=1S/C12H14N4O2/c17-8-13-6-3-7-14-12(18)11-15-9-4-1-2-5-10(9)16-11/h1-2,4-5,8H,3,6-7H2,(H,13,17)(H,14,18)(H,15,16). The highest BCUT2D eigenvalue weighted by Gasteiger charge is 2.09. The molecule has 0 aliphatic carbocycles. The topological polar surface area (TPSA) is 86.9 Å². The van der Waals surface area contributed by atoms with Gasteiger partial charge in [0.25, 0.3) is 5.91 Å². The Morgan fingerprint density at radius 1 is 1.33 bits per heavy atom. The number of benzene rings is 1. The van der Waals surface area contributed by atoms with E-state index in [4.69, 9.17) is 0 Å². The van der Waals surface area contributed by atoms with Crippen LogP contribution < -0.4 is 10.6 Å². The van der Waals surface area contributed by atoms with Gasteiger partial charge in [0.15, 0.2) is 5.82 Å². The van der Waals surface area contributed by atoms with E-state index in [-0.39, 0.29) is 5.91 Å². The number of aromatic nitrogens is 2. The Morgan fingerprint density at radius 2 is 2.17 bits per heavy atom. The van der Waals surface area contributed by atoms with Crippen molar-refractivity contribution in [3.63, 3.8) is 0 Å². The number of para-hydroxylation sites is 2. The molecule has 0 aliphatic rings. The summed E-state index contributed by atoms with van der Waals surface area (Å²) < 4.78 is 0. The molecule has 1 heterocycles. The Labute approximate surface area is 104 Å². The van der Waals surface area contributed by atoms with Crippen molar-refractivity contribution in [3.05, 3.63) is 30.1 Å². The van der Waals surface area contributed by atoms with Crippen LogP contribution in [0, 0.1) is 0 Å². The third kappa shape index (κ3) is 2.85. The fourth-order valence-electron chi connectivity index (χ4n) is 1.60. The van der Waals surface area contributed by atoms with Gasteiger partial charge in [0.2, 0.25) is 6.41 Å². The van der Waals surface area contributed by atoms with E-state index in [9.17, 15) is 9.59 Å². The molecule has 0 unspecified atom stereocenters. The lowest BCUT2D eigenvalue weighted by Crippen LogP contribution is -2.27. The molecule has 18 heavy (non-hydrogen) atoms. The van der Waals surface area contributed by atoms with Crippen LogP contribution in [0.15, 0.2) is 24.3 Å². The molecule has 3 N–H and O–H groups in total. The van der Waals surface area contributed by atoms with Gasteiger partial charge in [-0.25, -0.2) is 4.98 Å². The molecule has 1 aromatic heterocycles. The zero-order chi connectivity index (χ0) is 12.8. The molecule has 94 valence electrons. The van der Waals surface area contributed by atoms with E-state index in [1.807, 2.05) is 24.3 Å². The van der Waals surface area contributed by atoms with E-state index in [1.165, 1.54) is 0 Å². The molecule has 6 nitrogen and oxygen atoms in total. The maximum absolute atomic E-state index is 11.8. The van der Waals surface area contributed by atoms with E-state index >= 15 is 0 Å². The van der Waals surface area contributed by atoms with Gasteiger partial charge in [-0.1, -0.05) is 12.1 Å². The average Bonchev–Trinajstić information content (AvgIpc) is 2.82. The number of hydrogen-bond donors (Lipinski definition) is 3. The number of imidazole rings is 1. The van der Waals surface area contributed by atoms with Gasteiger partial charge in [-0.15, -0.1) is 0 Å². The summed E-state index contributed by atoms with van der Waals surface area (Å²) in [6.07, 6.45) is 1.33. The van der Waals surface area contributed by atoms with Gasteiger partial charge in [-0.2, -0.15) is 0 Å². The fourth-order valence-corrected chi connectivity index (χ4v) is 1.60. The monoisotopic (exact) mass is 246 g/mol. The minimum Gasteiger partial charge on any atom is -0.359 e. The zero-order valence-electron chi connectivity index (χ0n) is 9.77. The van der Waals surface area contributed by atoms with Crippen molar-refractivity contribution in [1.82, 2.24) is 20.6 Å². The van der Waals surface area contributed by atoms with Crippen molar-refractivity contribution in [2.45, 2.75) is 6.42 Å². The van der Waals surface area contributed by atoms with Gasteiger partial charge in [-0.3, -0.25) is 9.59 Å². The van der Waals surface area contributed by atoms with Gasteiger partial charge in [-0.05, 0) is 18.6 Å². The van der Waals surface area contributed by atoms with Crippen molar-refractivity contribution in [3.8, 4) is 0 Å². The smallest absolute Gasteiger partial charge is 0.287 e. The molecule has 1 aromatic carbocycles. The van der Waals surface area contributed by atoms with Crippen molar-refractivity contribution in [2.75, 3.05) is 13.1 Å². The first-order valence-electron chi connectivity index (χ1n) is 5.71. The summed E-state index contributed by atoms with van der Waals surface area (Å²) in [4.78, 5) is 28.9. The van der Waals surface area contributed by atoms with Crippen LogP contribution in [0.4, 0.5) is 0 Å². The van der Waals surface area contributed by atoms with Crippen molar-refractivity contribution in [2.24, 2.45) is 0 Å². The highest BCUT2D eigenvalue weighted by Crippen LogP contribution is 2.09. The summed E-state index contributed by atoms with van der Waals surface area (Å²) in [5.74, 6) is 0.0665. The number of hydrogen-bond acceptors (Lipinski definition) is 3. The van der Waals surface area contributed by atoms with Crippen LogP contribution in [0.5, 0.6) is 0 Å². The molecule has 0 saturated heterocycles. The first-order chi connectivity index (χ1) is 8.81. The number of rotatable bonds is 6. The summed E-state index contributed by atoms with van der Waals surface area (Å²) in [6.45, 7) is 1.04. The van der Waals surface area contributed by atoms with Crippen molar-refractivity contribution < 1.29 is 9.59 Å². The average molecular weight is 246 g/mol. The van der Waals surface area contributed by atoms with E-state index in [0.717, 1.165) is 11.0 Å². The predicted octanol–water partition coefficient (Wildman–Crippen LogP) is 0.429. The Kier molecular flexibility index (Phi) is 3.90. The highest BCUT2D eigenvalue weighted by molar-refractivity contribution is 5.94. The van der Waals surface area contributed by atoms with Gasteiger partial charge in [0, 0.05) is 13.1 Å². The second kappa shape index (κ2) is 5.81. The molecule has 0 bridgehead atoms. The Hall–Kier alpha value is -2.37. The SMILES string of the molecule is O=CNCCCNC(=O)c1nc2ccccc2[nH]1. The predicted molar refractivity (Wildman–Crippen MR) is 67.1 cm³/mol. The molecule has 0 spiro atoms. The Morgan fingerprint density at radius 3 is 2.94 bits per heavy atom. The van der Waals surface area contributed by atoms with Gasteiger partial charge >= 0.3 is 0 Å². The molecule has 0 aliphatic heterocycles. The third-order valence-corrected chi connectivity index (χ3v) is 2.47. The molecule has 0 atom stereocenters. The number of carbonyl (C=O) groups excluding carboxylic acids is 2. The maximum atomic E-state index is 11.8. The summed E-state index contributed by atoms with van der Waals surface area (Å²) in [6, 6.07) is 7.47. The van der Waals surface area contributed by atoms with E-state index < -0.39 is 0 Å². The summed E-state index contributed by atoms with van der Waals surface area (Å²) in [7, 11) is 0. The number of fused-ring (bicyclic) bond motifs is 1. The number of amides is 2. The lowest BCUT2D eigenvalue weighted by molar-refractivity contribution is -0.109. The van der Waals surface area contributed by atoms with Crippen molar-refractivity contribution in [1.29, 1.82) is 0 Å². The first kappa shape index (κ1) is 12.1. The first-order valence-corrected chi connectivity index (χ1v) is 5.71. The number of aromatic amines is 1. The van der Waals surface area contributed by atoms with Crippen LogP contribution in [-0.4, -0.2) is 35.4 Å². The molecule has 2 rings (SSSR count). The number of nitrogens with one attached hydrogen (secondary N) is 3. The van der Waals surface area contributed by atoms with Crippen molar-refractivity contribution >= 4 is 23.4 Å². The summed E-state index contributed by atoms with van der Waals surface area (Å²) >= 11 is 0.